The number of benzene rings is 1. The molecule has 10 heteroatoms. The molecule has 41 heavy (non-hydrogen) atoms. The second-order valence-electron chi connectivity index (χ2n) is 12.1. The summed E-state index contributed by atoms with van der Waals surface area (Å²) in [5.41, 5.74) is -4.61. The maximum atomic E-state index is 13.1. The zero-order valence-corrected chi connectivity index (χ0v) is 24.6. The molecule has 0 spiro atoms. The molecule has 0 unspecified atom stereocenters. The lowest BCUT2D eigenvalue weighted by molar-refractivity contribution is -0.222. The predicted molar refractivity (Wildman–Crippen MR) is 148 cm³/mol. The summed E-state index contributed by atoms with van der Waals surface area (Å²) in [6, 6.07) is 8.19. The molecule has 0 saturated heterocycles. The van der Waals surface area contributed by atoms with Crippen LogP contribution in [0.4, 0.5) is 0 Å². The Morgan fingerprint density at radius 1 is 0.927 bits per heavy atom. The lowest BCUT2D eigenvalue weighted by Gasteiger charge is -2.46. The van der Waals surface area contributed by atoms with Crippen LogP contribution in [-0.2, 0) is 23.8 Å². The van der Waals surface area contributed by atoms with E-state index >= 15 is 0 Å². The van der Waals surface area contributed by atoms with Crippen LogP contribution in [0.3, 0.4) is 0 Å². The summed E-state index contributed by atoms with van der Waals surface area (Å²) in [7, 11) is 0. The van der Waals surface area contributed by atoms with Crippen molar-refractivity contribution in [1.29, 1.82) is 0 Å². The molecule has 2 aliphatic carbocycles. The first-order chi connectivity index (χ1) is 18.9. The van der Waals surface area contributed by atoms with Gasteiger partial charge in [0.2, 0.25) is 0 Å². The smallest absolute Gasteiger partial charge is 0.338 e. The van der Waals surface area contributed by atoms with Crippen LogP contribution in [0.5, 0.6) is 0 Å². The molecular formula is C31H42O10. The van der Waals surface area contributed by atoms with Gasteiger partial charge in [-0.15, -0.1) is 0 Å². The maximum Gasteiger partial charge on any atom is 0.338 e. The molecule has 0 bridgehead atoms. The number of ether oxygens (including phenoxy) is 3. The van der Waals surface area contributed by atoms with Crippen molar-refractivity contribution in [1.82, 2.24) is 0 Å². The Morgan fingerprint density at radius 2 is 1.54 bits per heavy atom. The van der Waals surface area contributed by atoms with Crippen molar-refractivity contribution in [2.24, 2.45) is 17.3 Å². The van der Waals surface area contributed by atoms with E-state index in [0.717, 1.165) is 6.92 Å². The molecule has 1 aromatic rings. The average Bonchev–Trinajstić information content (AvgIpc) is 3.07. The van der Waals surface area contributed by atoms with Gasteiger partial charge in [0.1, 0.15) is 30.0 Å². The number of carbonyl (C=O) groups excluding carboxylic acids is 3. The molecule has 1 fully saturated rings. The van der Waals surface area contributed by atoms with Crippen LogP contribution in [0.25, 0.3) is 0 Å². The van der Waals surface area contributed by atoms with E-state index in [1.165, 1.54) is 26.0 Å². The fourth-order valence-corrected chi connectivity index (χ4v) is 5.85. The molecule has 0 heterocycles. The number of carbonyl (C=O) groups is 3. The first-order valence-electron chi connectivity index (χ1n) is 13.7. The maximum absolute atomic E-state index is 13.1. The van der Waals surface area contributed by atoms with Crippen LogP contribution in [0.1, 0.15) is 65.2 Å². The van der Waals surface area contributed by atoms with Crippen molar-refractivity contribution >= 4 is 17.9 Å². The largest absolute Gasteiger partial charge is 0.462 e. The minimum atomic E-state index is -2.18. The third kappa shape index (κ3) is 6.56. The third-order valence-corrected chi connectivity index (χ3v) is 8.30. The van der Waals surface area contributed by atoms with E-state index < -0.39 is 76.9 Å². The van der Waals surface area contributed by atoms with Gasteiger partial charge in [-0.3, -0.25) is 9.59 Å². The molecule has 0 aromatic heterocycles. The Bertz CT molecular complexity index is 1190. The molecule has 226 valence electrons. The molecule has 1 saturated carbocycles. The van der Waals surface area contributed by atoms with Gasteiger partial charge in [0.15, 0.2) is 5.60 Å². The predicted octanol–water partition coefficient (Wildman–Crippen LogP) is 2.48. The van der Waals surface area contributed by atoms with Gasteiger partial charge in [-0.1, -0.05) is 57.2 Å². The minimum Gasteiger partial charge on any atom is -0.462 e. The van der Waals surface area contributed by atoms with Crippen LogP contribution in [-0.4, -0.2) is 80.1 Å². The van der Waals surface area contributed by atoms with Crippen molar-refractivity contribution < 1.29 is 49.0 Å². The van der Waals surface area contributed by atoms with Gasteiger partial charge >= 0.3 is 17.9 Å². The topological polar surface area (TPSA) is 160 Å². The molecule has 0 radical (unpaired) electrons. The summed E-state index contributed by atoms with van der Waals surface area (Å²) in [5, 5.41) is 46.3. The quantitative estimate of drug-likeness (QED) is 0.239. The lowest BCUT2D eigenvalue weighted by atomic mass is 9.73. The van der Waals surface area contributed by atoms with Crippen molar-refractivity contribution in [2.75, 3.05) is 0 Å². The summed E-state index contributed by atoms with van der Waals surface area (Å²) < 4.78 is 17.2. The zero-order valence-electron chi connectivity index (χ0n) is 24.6. The Labute approximate surface area is 240 Å². The molecule has 1 aromatic carbocycles. The monoisotopic (exact) mass is 574 g/mol. The van der Waals surface area contributed by atoms with Crippen LogP contribution < -0.4 is 0 Å². The van der Waals surface area contributed by atoms with Crippen molar-refractivity contribution in [3.8, 4) is 0 Å². The summed E-state index contributed by atoms with van der Waals surface area (Å²) in [6.07, 6.45) is -2.34. The second kappa shape index (κ2) is 12.1. The van der Waals surface area contributed by atoms with Crippen molar-refractivity contribution in [2.45, 2.75) is 96.6 Å². The third-order valence-electron chi connectivity index (χ3n) is 8.30. The van der Waals surface area contributed by atoms with Gasteiger partial charge in [0, 0.05) is 31.6 Å². The summed E-state index contributed by atoms with van der Waals surface area (Å²) in [6.45, 7) is 10.3. The van der Waals surface area contributed by atoms with E-state index in [2.05, 4.69) is 0 Å². The van der Waals surface area contributed by atoms with Crippen LogP contribution in [0.15, 0.2) is 54.1 Å². The van der Waals surface area contributed by atoms with Crippen molar-refractivity contribution in [3.63, 3.8) is 0 Å². The van der Waals surface area contributed by atoms with Crippen LogP contribution in [0, 0.1) is 17.3 Å². The van der Waals surface area contributed by atoms with E-state index in [9.17, 15) is 34.8 Å². The first-order valence-corrected chi connectivity index (χ1v) is 13.7. The van der Waals surface area contributed by atoms with Crippen molar-refractivity contribution in [3.05, 3.63) is 59.7 Å². The van der Waals surface area contributed by atoms with Gasteiger partial charge < -0.3 is 34.6 Å². The van der Waals surface area contributed by atoms with E-state index in [1.807, 2.05) is 0 Å². The van der Waals surface area contributed by atoms with Gasteiger partial charge in [-0.05, 0) is 31.6 Å². The number of aliphatic hydroxyl groups excluding tert-OH is 3. The number of esters is 3. The highest BCUT2D eigenvalue weighted by atomic mass is 16.6. The minimum absolute atomic E-state index is 0.0240. The number of hydrogen-bond donors (Lipinski definition) is 4. The molecular weight excluding hydrogens is 532 g/mol. The average molecular weight is 575 g/mol. The SMILES string of the molecule is CC(=O)O[C@H]1C[C@@H](O)C(C)=C[C@H]2[C@@H](OC(=O)c3ccccc3)[C@@H](C)[C@H](O)[C@]2(OC(C)=O)[C@H](O)[C@@](C)(O)/C=C/C1(C)C. The molecule has 4 N–H and O–H groups in total. The fraction of sp³-hybridized carbons (Fsp3) is 0.581. The number of hydrogen-bond acceptors (Lipinski definition) is 10. The molecule has 0 amide bonds. The van der Waals surface area contributed by atoms with Crippen LogP contribution >= 0.6 is 0 Å². The first kappa shape index (κ1) is 32.5. The van der Waals surface area contributed by atoms with E-state index in [4.69, 9.17) is 14.2 Å². The lowest BCUT2D eigenvalue weighted by Crippen LogP contribution is -2.64. The number of fused-ring (bicyclic) bond motifs is 1. The Balaban J connectivity index is 2.25. The molecule has 3 rings (SSSR count). The van der Waals surface area contributed by atoms with Gasteiger partial charge in [0.25, 0.3) is 0 Å². The number of aliphatic hydroxyl groups is 4. The highest BCUT2D eigenvalue weighted by Gasteiger charge is 2.68. The second-order valence-corrected chi connectivity index (χ2v) is 12.1. The van der Waals surface area contributed by atoms with E-state index in [-0.39, 0.29) is 12.0 Å². The Morgan fingerprint density at radius 3 is 2.10 bits per heavy atom. The highest BCUT2D eigenvalue weighted by Crippen LogP contribution is 2.51. The zero-order chi connectivity index (χ0) is 30.9. The normalized spacial score (nSPS) is 37.8. The van der Waals surface area contributed by atoms with Crippen LogP contribution in [0.2, 0.25) is 0 Å². The highest BCUT2D eigenvalue weighted by molar-refractivity contribution is 5.89. The van der Waals surface area contributed by atoms with E-state index in [1.54, 1.807) is 64.1 Å². The Kier molecular flexibility index (Phi) is 9.54. The fourth-order valence-electron chi connectivity index (χ4n) is 5.85. The molecule has 2 aliphatic rings. The van der Waals surface area contributed by atoms with E-state index in [0.29, 0.717) is 5.57 Å². The molecule has 10 nitrogen and oxygen atoms in total. The van der Waals surface area contributed by atoms with Gasteiger partial charge in [-0.25, -0.2) is 4.79 Å². The summed E-state index contributed by atoms with van der Waals surface area (Å²) >= 11 is 0. The molecule has 9 atom stereocenters. The Hall–Kier alpha value is -3.05. The number of rotatable bonds is 4. The van der Waals surface area contributed by atoms with Gasteiger partial charge in [0.05, 0.1) is 17.6 Å². The molecule has 0 aliphatic heterocycles. The summed E-state index contributed by atoms with van der Waals surface area (Å²) in [4.78, 5) is 37.6. The summed E-state index contributed by atoms with van der Waals surface area (Å²) in [5.74, 6) is -4.18. The van der Waals surface area contributed by atoms with Gasteiger partial charge in [-0.2, -0.15) is 0 Å². The standard InChI is InChI=1S/C31H42O10/c1-17-15-22-25(40-27(36)21-11-9-8-10-12-21)18(2)26(35)31(22,41-20(4)33)28(37)30(7,38)14-13-29(5,6)24(16-23(17)34)39-19(3)32/h8-15,18,22-26,28,34-35,37-38H,16H2,1-7H3/b14-13+,17-15?/t18-,22+,23-,24+,25+,26+,28-,30+,31+/m1/s1.